The normalized spacial score (nSPS) is 23.2. The third-order valence-electron chi connectivity index (χ3n) is 4.36. The molecule has 0 heterocycles. The summed E-state index contributed by atoms with van der Waals surface area (Å²) in [5, 5.41) is 0. The van der Waals surface area contributed by atoms with Crippen LogP contribution in [0.15, 0.2) is 11.0 Å². The van der Waals surface area contributed by atoms with Gasteiger partial charge in [-0.3, -0.25) is 0 Å². The Bertz CT molecular complexity index is 597. The van der Waals surface area contributed by atoms with Gasteiger partial charge in [-0.1, -0.05) is 6.92 Å². The van der Waals surface area contributed by atoms with E-state index < -0.39 is 10.0 Å². The van der Waals surface area contributed by atoms with Crippen molar-refractivity contribution in [3.63, 3.8) is 0 Å². The molecule has 2 rings (SSSR count). The first-order valence-corrected chi connectivity index (χ1v) is 8.59. The lowest BCUT2D eigenvalue weighted by atomic mass is 10.1. The maximum atomic E-state index is 12.7. The van der Waals surface area contributed by atoms with Crippen LogP contribution >= 0.6 is 0 Å². The number of nitrogens with two attached hydrogens (primary N) is 1. The van der Waals surface area contributed by atoms with Crippen LogP contribution in [0.3, 0.4) is 0 Å². The maximum Gasteiger partial charge on any atom is 0.241 e. The summed E-state index contributed by atoms with van der Waals surface area (Å²) < 4.78 is 28.2. The minimum Gasteiger partial charge on any atom is -0.398 e. The smallest absolute Gasteiger partial charge is 0.241 e. The second-order valence-electron chi connectivity index (χ2n) is 6.10. The first kappa shape index (κ1) is 15.3. The van der Waals surface area contributed by atoms with Gasteiger partial charge in [0.1, 0.15) is 0 Å². The summed E-state index contributed by atoms with van der Waals surface area (Å²) in [6.07, 6.45) is 2.92. The van der Waals surface area contributed by atoms with E-state index in [0.717, 1.165) is 30.4 Å². The summed E-state index contributed by atoms with van der Waals surface area (Å²) in [4.78, 5) is 0.356. The van der Waals surface area contributed by atoms with Crippen molar-refractivity contribution in [2.45, 2.75) is 57.9 Å². The van der Waals surface area contributed by atoms with Gasteiger partial charge in [-0.05, 0) is 68.7 Å². The van der Waals surface area contributed by atoms with Gasteiger partial charge in [-0.15, -0.1) is 0 Å². The van der Waals surface area contributed by atoms with Gasteiger partial charge in [0, 0.05) is 11.7 Å². The van der Waals surface area contributed by atoms with Crippen molar-refractivity contribution in [1.82, 2.24) is 4.72 Å². The number of nitrogen functional groups attached to an aromatic ring is 1. The monoisotopic (exact) mass is 296 g/mol. The van der Waals surface area contributed by atoms with Crippen LogP contribution in [0.4, 0.5) is 5.69 Å². The summed E-state index contributed by atoms with van der Waals surface area (Å²) in [5.41, 5.74) is 8.80. The second kappa shape index (κ2) is 5.37. The summed E-state index contributed by atoms with van der Waals surface area (Å²) >= 11 is 0. The van der Waals surface area contributed by atoms with Crippen molar-refractivity contribution in [1.29, 1.82) is 0 Å². The molecule has 1 saturated carbocycles. The zero-order valence-corrected chi connectivity index (χ0v) is 13.5. The number of aryl methyl sites for hydroxylation is 1. The van der Waals surface area contributed by atoms with E-state index in [9.17, 15) is 8.42 Å². The molecule has 0 radical (unpaired) electrons. The van der Waals surface area contributed by atoms with E-state index in [0.29, 0.717) is 22.1 Å². The third kappa shape index (κ3) is 2.83. The SMILES string of the molecule is Cc1cc(N)c(C)c(S(=O)(=O)NC2CCC(C)C2)c1C. The maximum absolute atomic E-state index is 12.7. The van der Waals surface area contributed by atoms with E-state index in [1.54, 1.807) is 6.92 Å². The Labute approximate surface area is 121 Å². The van der Waals surface area contributed by atoms with Gasteiger partial charge in [0.2, 0.25) is 10.0 Å². The molecule has 1 aliphatic rings. The Morgan fingerprint density at radius 2 is 1.85 bits per heavy atom. The molecule has 4 nitrogen and oxygen atoms in total. The molecule has 1 aliphatic carbocycles. The molecule has 0 spiro atoms. The fraction of sp³-hybridized carbons (Fsp3) is 0.600. The molecule has 5 heteroatoms. The van der Waals surface area contributed by atoms with Gasteiger partial charge in [0.15, 0.2) is 0 Å². The van der Waals surface area contributed by atoms with E-state index >= 15 is 0 Å². The minimum atomic E-state index is -3.50. The molecule has 0 amide bonds. The Hall–Kier alpha value is -1.07. The standard InChI is InChI=1S/C15H24N2O2S/c1-9-5-6-13(7-9)17-20(18,19)15-11(3)10(2)8-14(16)12(15)4/h8-9,13,17H,5-7,16H2,1-4H3. The second-order valence-corrected chi connectivity index (χ2v) is 7.75. The number of nitrogens with one attached hydrogen (secondary N) is 1. The van der Waals surface area contributed by atoms with Gasteiger partial charge in [-0.2, -0.15) is 0 Å². The minimum absolute atomic E-state index is 0.0514. The highest BCUT2D eigenvalue weighted by Gasteiger charge is 2.29. The summed E-state index contributed by atoms with van der Waals surface area (Å²) in [7, 11) is -3.50. The highest BCUT2D eigenvalue weighted by molar-refractivity contribution is 7.89. The molecule has 112 valence electrons. The third-order valence-corrected chi connectivity index (χ3v) is 6.16. The first-order valence-electron chi connectivity index (χ1n) is 7.11. The topological polar surface area (TPSA) is 72.2 Å². The Balaban J connectivity index is 2.39. The van der Waals surface area contributed by atoms with Gasteiger partial charge >= 0.3 is 0 Å². The summed E-state index contributed by atoms with van der Waals surface area (Å²) in [6, 6.07) is 1.89. The van der Waals surface area contributed by atoms with E-state index in [4.69, 9.17) is 5.73 Å². The lowest BCUT2D eigenvalue weighted by Gasteiger charge is -2.18. The van der Waals surface area contributed by atoms with Gasteiger partial charge < -0.3 is 5.73 Å². The van der Waals surface area contributed by atoms with Crippen molar-refractivity contribution in [3.05, 3.63) is 22.8 Å². The van der Waals surface area contributed by atoms with E-state index in [-0.39, 0.29) is 6.04 Å². The zero-order valence-electron chi connectivity index (χ0n) is 12.7. The fourth-order valence-corrected chi connectivity index (χ4v) is 4.89. The number of sulfonamides is 1. The number of benzene rings is 1. The van der Waals surface area contributed by atoms with Gasteiger partial charge in [0.05, 0.1) is 4.90 Å². The summed E-state index contributed by atoms with van der Waals surface area (Å²) in [6.45, 7) is 7.67. The molecular formula is C15H24N2O2S. The number of hydrogen-bond acceptors (Lipinski definition) is 3. The van der Waals surface area contributed by atoms with Crippen LogP contribution in [0.25, 0.3) is 0 Å². The molecule has 3 N–H and O–H groups in total. The largest absolute Gasteiger partial charge is 0.398 e. The molecule has 0 aromatic heterocycles. The van der Waals surface area contributed by atoms with Crippen LogP contribution in [0.1, 0.15) is 42.9 Å². The molecular weight excluding hydrogens is 272 g/mol. The highest BCUT2D eigenvalue weighted by Crippen LogP contribution is 2.30. The van der Waals surface area contributed by atoms with E-state index in [2.05, 4.69) is 11.6 Å². The molecule has 0 aliphatic heterocycles. The van der Waals surface area contributed by atoms with Crippen molar-refractivity contribution in [2.24, 2.45) is 5.92 Å². The van der Waals surface area contributed by atoms with Crippen molar-refractivity contribution < 1.29 is 8.42 Å². The van der Waals surface area contributed by atoms with Crippen molar-refractivity contribution >= 4 is 15.7 Å². The fourth-order valence-electron chi connectivity index (χ4n) is 3.04. The highest BCUT2D eigenvalue weighted by atomic mass is 32.2. The van der Waals surface area contributed by atoms with Crippen molar-refractivity contribution in [2.75, 3.05) is 5.73 Å². The van der Waals surface area contributed by atoms with Gasteiger partial charge in [-0.25, -0.2) is 13.1 Å². The lowest BCUT2D eigenvalue weighted by Crippen LogP contribution is -2.34. The van der Waals surface area contributed by atoms with Crippen LogP contribution in [0.2, 0.25) is 0 Å². The van der Waals surface area contributed by atoms with Crippen LogP contribution in [-0.4, -0.2) is 14.5 Å². The average Bonchev–Trinajstić information content (AvgIpc) is 2.71. The van der Waals surface area contributed by atoms with E-state index in [1.165, 1.54) is 0 Å². The predicted octanol–water partition coefficient (Wildman–Crippen LogP) is 2.66. The first-order chi connectivity index (χ1) is 9.22. The molecule has 1 aromatic carbocycles. The molecule has 20 heavy (non-hydrogen) atoms. The quantitative estimate of drug-likeness (QED) is 0.842. The van der Waals surface area contributed by atoms with Crippen LogP contribution < -0.4 is 10.5 Å². The molecule has 0 saturated heterocycles. The molecule has 1 fully saturated rings. The average molecular weight is 296 g/mol. The molecule has 1 aromatic rings. The molecule has 0 bridgehead atoms. The van der Waals surface area contributed by atoms with Crippen LogP contribution in [-0.2, 0) is 10.0 Å². The van der Waals surface area contributed by atoms with Crippen LogP contribution in [0.5, 0.6) is 0 Å². The Morgan fingerprint density at radius 1 is 1.20 bits per heavy atom. The number of anilines is 1. The predicted molar refractivity (Wildman–Crippen MR) is 82.2 cm³/mol. The van der Waals surface area contributed by atoms with Crippen LogP contribution in [0, 0.1) is 26.7 Å². The van der Waals surface area contributed by atoms with Crippen molar-refractivity contribution in [3.8, 4) is 0 Å². The molecule has 2 atom stereocenters. The van der Waals surface area contributed by atoms with Gasteiger partial charge in [0.25, 0.3) is 0 Å². The lowest BCUT2D eigenvalue weighted by molar-refractivity contribution is 0.537. The molecule has 2 unspecified atom stereocenters. The Kier molecular flexibility index (Phi) is 4.12. The van der Waals surface area contributed by atoms with E-state index in [1.807, 2.05) is 19.9 Å². The number of rotatable bonds is 3. The Morgan fingerprint density at radius 3 is 2.40 bits per heavy atom. The summed E-state index contributed by atoms with van der Waals surface area (Å²) in [5.74, 6) is 0.590. The zero-order chi connectivity index (χ0) is 15.1. The number of hydrogen-bond donors (Lipinski definition) is 2.